The molecule has 0 spiro atoms. The van der Waals surface area contributed by atoms with E-state index in [1.54, 1.807) is 6.92 Å². The first kappa shape index (κ1) is 22.2. The molecule has 4 nitrogen and oxygen atoms in total. The van der Waals surface area contributed by atoms with E-state index in [4.69, 9.17) is 5.73 Å². The molecule has 0 aliphatic heterocycles. The van der Waals surface area contributed by atoms with Crippen molar-refractivity contribution in [2.24, 2.45) is 11.7 Å². The quantitative estimate of drug-likeness (QED) is 0.803. The van der Waals surface area contributed by atoms with Crippen molar-refractivity contribution in [1.29, 1.82) is 0 Å². The van der Waals surface area contributed by atoms with Crippen LogP contribution in [0.4, 0.5) is 13.2 Å². The molecule has 23 heavy (non-hydrogen) atoms. The number of nitrogens with two attached hydrogens (primary N) is 1. The Bertz CT molecular complexity index is 621. The van der Waals surface area contributed by atoms with E-state index >= 15 is 0 Å². The molecule has 1 aromatic carbocycles. The first-order valence-electron chi connectivity index (χ1n) is 6.81. The summed E-state index contributed by atoms with van der Waals surface area (Å²) in [6, 6.07) is 3.65. The van der Waals surface area contributed by atoms with Gasteiger partial charge in [-0.25, -0.2) is 13.1 Å². The Morgan fingerprint density at radius 1 is 1.26 bits per heavy atom. The molecule has 0 amide bonds. The smallest absolute Gasteiger partial charge is 0.329 e. The number of benzene rings is 1. The zero-order valence-electron chi connectivity index (χ0n) is 13.1. The van der Waals surface area contributed by atoms with Crippen LogP contribution in [0, 0.1) is 5.92 Å². The van der Waals surface area contributed by atoms with Gasteiger partial charge in [0.15, 0.2) is 0 Å². The highest BCUT2D eigenvalue weighted by Gasteiger charge is 2.34. The molecular formula is C14H22ClF3N2O2S. The van der Waals surface area contributed by atoms with Crippen LogP contribution in [0.15, 0.2) is 29.2 Å². The number of halogens is 4. The predicted octanol–water partition coefficient (Wildman–Crippen LogP) is 3.17. The van der Waals surface area contributed by atoms with Crippen molar-refractivity contribution in [2.45, 2.75) is 43.8 Å². The Morgan fingerprint density at radius 3 is 2.26 bits per heavy atom. The molecule has 0 radical (unpaired) electrons. The van der Waals surface area contributed by atoms with Gasteiger partial charge in [-0.3, -0.25) is 0 Å². The summed E-state index contributed by atoms with van der Waals surface area (Å²) in [4.78, 5) is -0.425. The van der Waals surface area contributed by atoms with E-state index < -0.39 is 32.2 Å². The molecule has 0 saturated carbocycles. The lowest BCUT2D eigenvalue weighted by Gasteiger charge is -2.30. The van der Waals surface area contributed by atoms with Crippen LogP contribution in [-0.2, 0) is 16.2 Å². The van der Waals surface area contributed by atoms with Crippen molar-refractivity contribution in [1.82, 2.24) is 4.72 Å². The highest BCUT2D eigenvalue weighted by Crippen LogP contribution is 2.30. The van der Waals surface area contributed by atoms with Gasteiger partial charge >= 0.3 is 6.18 Å². The summed E-state index contributed by atoms with van der Waals surface area (Å²) in [6.07, 6.45) is -4.12. The predicted molar refractivity (Wildman–Crippen MR) is 85.9 cm³/mol. The number of nitrogens with one attached hydrogen (secondary N) is 1. The lowest BCUT2D eigenvalue weighted by molar-refractivity contribution is -0.137. The van der Waals surface area contributed by atoms with E-state index in [9.17, 15) is 21.6 Å². The summed E-state index contributed by atoms with van der Waals surface area (Å²) in [5.41, 5.74) is 3.71. The average Bonchev–Trinajstić information content (AvgIpc) is 2.36. The molecule has 0 saturated heterocycles. The van der Waals surface area contributed by atoms with E-state index in [2.05, 4.69) is 4.72 Å². The van der Waals surface area contributed by atoms with Gasteiger partial charge in [-0.1, -0.05) is 19.9 Å². The maximum absolute atomic E-state index is 12.7. The van der Waals surface area contributed by atoms with Crippen molar-refractivity contribution < 1.29 is 21.6 Å². The first-order chi connectivity index (χ1) is 9.89. The zero-order valence-corrected chi connectivity index (χ0v) is 14.8. The van der Waals surface area contributed by atoms with E-state index in [0.717, 1.165) is 18.2 Å². The molecule has 0 aliphatic rings. The van der Waals surface area contributed by atoms with Crippen molar-refractivity contribution in [3.8, 4) is 0 Å². The fourth-order valence-corrected chi connectivity index (χ4v) is 3.76. The molecule has 0 aromatic heterocycles. The van der Waals surface area contributed by atoms with E-state index in [1.165, 1.54) is 0 Å². The third-order valence-electron chi connectivity index (χ3n) is 3.16. The van der Waals surface area contributed by atoms with E-state index in [0.29, 0.717) is 12.5 Å². The number of rotatable bonds is 6. The maximum Gasteiger partial charge on any atom is 0.416 e. The molecule has 0 aliphatic carbocycles. The van der Waals surface area contributed by atoms with Gasteiger partial charge in [0.1, 0.15) is 0 Å². The van der Waals surface area contributed by atoms with Gasteiger partial charge in [-0.15, -0.1) is 12.4 Å². The maximum atomic E-state index is 12.7. The highest BCUT2D eigenvalue weighted by molar-refractivity contribution is 7.89. The van der Waals surface area contributed by atoms with Gasteiger partial charge < -0.3 is 5.73 Å². The van der Waals surface area contributed by atoms with Gasteiger partial charge in [0.25, 0.3) is 0 Å². The molecule has 1 unspecified atom stereocenters. The zero-order chi connectivity index (χ0) is 17.2. The number of hydrogen-bond donors (Lipinski definition) is 2. The Kier molecular flexibility index (Phi) is 7.55. The highest BCUT2D eigenvalue weighted by atomic mass is 35.5. The minimum Gasteiger partial charge on any atom is -0.329 e. The van der Waals surface area contributed by atoms with Crippen LogP contribution in [0.1, 0.15) is 32.8 Å². The topological polar surface area (TPSA) is 72.2 Å². The number of alkyl halides is 3. The molecule has 3 N–H and O–H groups in total. The third-order valence-corrected chi connectivity index (χ3v) is 4.80. The Hall–Kier alpha value is -0.830. The van der Waals surface area contributed by atoms with Crippen LogP contribution in [0.5, 0.6) is 0 Å². The second-order valence-electron chi connectivity index (χ2n) is 5.99. The summed E-state index contributed by atoms with van der Waals surface area (Å²) >= 11 is 0. The van der Waals surface area contributed by atoms with Crippen LogP contribution in [0.2, 0.25) is 0 Å². The van der Waals surface area contributed by atoms with Gasteiger partial charge in [0, 0.05) is 12.1 Å². The number of sulfonamides is 1. The summed E-state index contributed by atoms with van der Waals surface area (Å²) in [5, 5.41) is 0. The number of hydrogen-bond acceptors (Lipinski definition) is 3. The molecule has 9 heteroatoms. The Balaban J connectivity index is 0.00000484. The van der Waals surface area contributed by atoms with E-state index in [1.807, 2.05) is 13.8 Å². The second kappa shape index (κ2) is 7.83. The first-order valence-corrected chi connectivity index (χ1v) is 8.29. The van der Waals surface area contributed by atoms with Crippen LogP contribution in [0.25, 0.3) is 0 Å². The van der Waals surface area contributed by atoms with Crippen molar-refractivity contribution in [3.63, 3.8) is 0 Å². The fraction of sp³-hybridized carbons (Fsp3) is 0.571. The summed E-state index contributed by atoms with van der Waals surface area (Å²) in [7, 11) is -4.09. The lowest BCUT2D eigenvalue weighted by Crippen LogP contribution is -2.52. The lowest BCUT2D eigenvalue weighted by atomic mass is 9.92. The van der Waals surface area contributed by atoms with Crippen LogP contribution in [0.3, 0.4) is 0 Å². The standard InChI is InChI=1S/C14H21F3N2O2S.ClH/c1-10(2)8-13(3,9-18)19-22(20,21)12-6-4-5-11(7-12)14(15,16)17;/h4-7,10,19H,8-9,18H2,1-3H3;1H. The van der Waals surface area contributed by atoms with Crippen LogP contribution < -0.4 is 10.5 Å². The summed E-state index contributed by atoms with van der Waals surface area (Å²) < 4.78 is 65.2. The van der Waals surface area contributed by atoms with Crippen molar-refractivity contribution in [2.75, 3.05) is 6.54 Å². The Labute approximate surface area is 141 Å². The van der Waals surface area contributed by atoms with Gasteiger partial charge in [0.2, 0.25) is 10.0 Å². The van der Waals surface area contributed by atoms with Crippen LogP contribution >= 0.6 is 12.4 Å². The average molecular weight is 375 g/mol. The molecule has 1 atom stereocenters. The minimum absolute atomic E-state index is 0. The minimum atomic E-state index is -4.60. The fourth-order valence-electron chi connectivity index (χ4n) is 2.29. The molecule has 0 bridgehead atoms. The molecule has 134 valence electrons. The van der Waals surface area contributed by atoms with Crippen molar-refractivity contribution >= 4 is 22.4 Å². The third kappa shape index (κ3) is 6.29. The Morgan fingerprint density at radius 2 is 1.83 bits per heavy atom. The summed E-state index contributed by atoms with van der Waals surface area (Å²) in [6.45, 7) is 5.50. The molecule has 0 heterocycles. The molecule has 0 fully saturated rings. The molecular weight excluding hydrogens is 353 g/mol. The van der Waals surface area contributed by atoms with Gasteiger partial charge in [0.05, 0.1) is 10.5 Å². The van der Waals surface area contributed by atoms with Gasteiger partial charge in [-0.2, -0.15) is 13.2 Å². The molecule has 1 rings (SSSR count). The largest absolute Gasteiger partial charge is 0.416 e. The normalized spacial score (nSPS) is 15.1. The van der Waals surface area contributed by atoms with Gasteiger partial charge in [-0.05, 0) is 37.5 Å². The second-order valence-corrected chi connectivity index (χ2v) is 7.68. The molecule has 1 aromatic rings. The summed E-state index contributed by atoms with van der Waals surface area (Å²) in [5.74, 6) is 0.178. The monoisotopic (exact) mass is 374 g/mol. The van der Waals surface area contributed by atoms with E-state index in [-0.39, 0.29) is 24.9 Å². The van der Waals surface area contributed by atoms with Crippen LogP contribution in [-0.4, -0.2) is 20.5 Å². The SMILES string of the molecule is CC(C)CC(C)(CN)NS(=O)(=O)c1cccc(C(F)(F)F)c1.Cl. The van der Waals surface area contributed by atoms with Crippen molar-refractivity contribution in [3.05, 3.63) is 29.8 Å².